The molecule has 0 unspecified atom stereocenters. The molecule has 4 nitrogen and oxygen atoms in total. The van der Waals surface area contributed by atoms with Gasteiger partial charge in [-0.1, -0.05) is 18.3 Å². The number of thioether (sulfide) groups is 1. The van der Waals surface area contributed by atoms with Gasteiger partial charge in [0.2, 0.25) is 10.0 Å². The minimum absolute atomic E-state index is 0.0240. The lowest BCUT2D eigenvalue weighted by molar-refractivity contribution is 0.575. The number of nitrogens with two attached hydrogens (primary N) is 1. The lowest BCUT2D eigenvalue weighted by Crippen LogP contribution is -2.33. The first-order chi connectivity index (χ1) is 9.31. The largest absolute Gasteiger partial charge is 0.389 e. The molecular formula is C12H15FN2O2S3. The van der Waals surface area contributed by atoms with E-state index in [0.717, 1.165) is 18.9 Å². The molecule has 0 spiro atoms. The zero-order chi connectivity index (χ0) is 15.0. The number of benzene rings is 1. The standard InChI is InChI=1S/C12H15FN2O2S3/c1-19-12(5-6-12)7-15-20(16,17)9-4-2-3-8(13)10(9)11(14)18/h2-4,15H,5-7H2,1H3,(H2,14,18). The third-order valence-electron chi connectivity index (χ3n) is 3.34. The third kappa shape index (κ3) is 3.13. The van der Waals surface area contributed by atoms with Crippen LogP contribution in [0, 0.1) is 5.82 Å². The molecule has 1 aromatic rings. The average Bonchev–Trinajstić information content (AvgIpc) is 3.16. The highest BCUT2D eigenvalue weighted by molar-refractivity contribution is 8.00. The summed E-state index contributed by atoms with van der Waals surface area (Å²) in [7, 11) is -3.83. The normalized spacial score (nSPS) is 16.9. The highest BCUT2D eigenvalue weighted by Crippen LogP contribution is 2.46. The van der Waals surface area contributed by atoms with E-state index >= 15 is 0 Å². The molecule has 2 rings (SSSR count). The van der Waals surface area contributed by atoms with E-state index in [-0.39, 0.29) is 20.2 Å². The minimum atomic E-state index is -3.83. The van der Waals surface area contributed by atoms with E-state index in [0.29, 0.717) is 6.54 Å². The summed E-state index contributed by atoms with van der Waals surface area (Å²) in [6, 6.07) is 3.77. The van der Waals surface area contributed by atoms with E-state index in [9.17, 15) is 12.8 Å². The Morgan fingerprint density at radius 2 is 2.20 bits per heavy atom. The summed E-state index contributed by atoms with van der Waals surface area (Å²) >= 11 is 6.38. The van der Waals surface area contributed by atoms with Crippen LogP contribution in [0.2, 0.25) is 0 Å². The summed E-state index contributed by atoms with van der Waals surface area (Å²) in [4.78, 5) is -0.476. The van der Waals surface area contributed by atoms with E-state index in [4.69, 9.17) is 18.0 Å². The van der Waals surface area contributed by atoms with Crippen molar-refractivity contribution in [2.75, 3.05) is 12.8 Å². The maximum absolute atomic E-state index is 13.7. The lowest BCUT2D eigenvalue weighted by Gasteiger charge is -2.15. The molecule has 110 valence electrons. The van der Waals surface area contributed by atoms with Crippen molar-refractivity contribution in [2.24, 2.45) is 5.73 Å². The van der Waals surface area contributed by atoms with Crippen LogP contribution in [0.25, 0.3) is 0 Å². The molecule has 0 saturated heterocycles. The molecule has 0 heterocycles. The van der Waals surface area contributed by atoms with Gasteiger partial charge >= 0.3 is 0 Å². The summed E-state index contributed by atoms with van der Waals surface area (Å²) in [6.07, 6.45) is 3.90. The van der Waals surface area contributed by atoms with E-state index in [2.05, 4.69) is 4.72 Å². The van der Waals surface area contributed by atoms with Crippen LogP contribution in [0.4, 0.5) is 4.39 Å². The Balaban J connectivity index is 2.30. The molecule has 1 aliphatic rings. The van der Waals surface area contributed by atoms with Gasteiger partial charge in [0, 0.05) is 11.3 Å². The van der Waals surface area contributed by atoms with Crippen molar-refractivity contribution in [1.29, 1.82) is 0 Å². The first-order valence-corrected chi connectivity index (χ1v) is 9.06. The molecule has 0 bridgehead atoms. The predicted octanol–water partition coefficient (Wildman–Crippen LogP) is 1.63. The first kappa shape index (κ1) is 15.7. The highest BCUT2D eigenvalue weighted by Gasteiger charge is 2.42. The van der Waals surface area contributed by atoms with Crippen LogP contribution in [-0.2, 0) is 10.0 Å². The van der Waals surface area contributed by atoms with E-state index < -0.39 is 15.8 Å². The van der Waals surface area contributed by atoms with Crippen LogP contribution in [-0.4, -0.2) is 31.0 Å². The predicted molar refractivity (Wildman–Crippen MR) is 83.0 cm³/mol. The molecule has 1 fully saturated rings. The molecule has 1 aliphatic carbocycles. The van der Waals surface area contributed by atoms with Crippen molar-refractivity contribution in [2.45, 2.75) is 22.5 Å². The summed E-state index contributed by atoms with van der Waals surface area (Å²) in [5, 5.41) is 0. The SMILES string of the molecule is CSC1(CNS(=O)(=O)c2cccc(F)c2C(N)=S)CC1. The molecular weight excluding hydrogens is 319 g/mol. The van der Waals surface area contributed by atoms with Gasteiger partial charge in [-0.05, 0) is 31.2 Å². The van der Waals surface area contributed by atoms with Crippen LogP contribution in [0.1, 0.15) is 18.4 Å². The molecule has 1 saturated carbocycles. The van der Waals surface area contributed by atoms with E-state index in [1.54, 1.807) is 11.8 Å². The quantitative estimate of drug-likeness (QED) is 0.774. The second kappa shape index (κ2) is 5.59. The topological polar surface area (TPSA) is 72.2 Å². The van der Waals surface area contributed by atoms with Crippen LogP contribution >= 0.6 is 24.0 Å². The number of sulfonamides is 1. The van der Waals surface area contributed by atoms with Crippen molar-refractivity contribution in [3.8, 4) is 0 Å². The molecule has 20 heavy (non-hydrogen) atoms. The Kier molecular flexibility index (Phi) is 4.38. The van der Waals surface area contributed by atoms with Gasteiger partial charge in [-0.15, -0.1) is 0 Å². The molecule has 0 radical (unpaired) electrons. The highest BCUT2D eigenvalue weighted by atomic mass is 32.2. The Bertz CT molecular complexity index is 642. The van der Waals surface area contributed by atoms with Gasteiger partial charge in [-0.25, -0.2) is 17.5 Å². The van der Waals surface area contributed by atoms with Crippen LogP contribution < -0.4 is 10.5 Å². The average molecular weight is 334 g/mol. The molecule has 3 N–H and O–H groups in total. The Hall–Kier alpha value is -0.700. The van der Waals surface area contributed by atoms with E-state index in [1.807, 2.05) is 6.26 Å². The number of hydrogen-bond donors (Lipinski definition) is 2. The Morgan fingerprint density at radius 1 is 1.55 bits per heavy atom. The molecule has 1 aromatic carbocycles. The summed E-state index contributed by atoms with van der Waals surface area (Å²) in [6.45, 7) is 0.323. The fourth-order valence-electron chi connectivity index (χ4n) is 1.86. The van der Waals surface area contributed by atoms with Gasteiger partial charge in [0.1, 0.15) is 10.8 Å². The fourth-order valence-corrected chi connectivity index (χ4v) is 4.31. The second-order valence-corrected chi connectivity index (χ2v) is 8.14. The Morgan fingerprint density at radius 3 is 2.70 bits per heavy atom. The van der Waals surface area contributed by atoms with Crippen molar-refractivity contribution in [3.05, 3.63) is 29.6 Å². The van der Waals surface area contributed by atoms with Gasteiger partial charge in [-0.3, -0.25) is 0 Å². The van der Waals surface area contributed by atoms with Gasteiger partial charge < -0.3 is 5.73 Å². The van der Waals surface area contributed by atoms with Crippen molar-refractivity contribution < 1.29 is 12.8 Å². The summed E-state index contributed by atoms with van der Waals surface area (Å²) in [5.74, 6) is -0.730. The second-order valence-electron chi connectivity index (χ2n) is 4.69. The summed E-state index contributed by atoms with van der Waals surface area (Å²) < 4.78 is 40.8. The number of halogens is 1. The number of thiocarbonyl (C=S) groups is 1. The Labute approximate surface area is 127 Å². The fraction of sp³-hybridized carbons (Fsp3) is 0.417. The van der Waals surface area contributed by atoms with Gasteiger partial charge in [0.25, 0.3) is 0 Å². The van der Waals surface area contributed by atoms with Gasteiger partial charge in [0.15, 0.2) is 0 Å². The first-order valence-electron chi connectivity index (χ1n) is 5.94. The number of rotatable bonds is 6. The third-order valence-corrected chi connectivity index (χ3v) is 6.40. The maximum Gasteiger partial charge on any atom is 0.241 e. The van der Waals surface area contributed by atoms with Crippen LogP contribution in [0.5, 0.6) is 0 Å². The number of hydrogen-bond acceptors (Lipinski definition) is 4. The number of nitrogens with one attached hydrogen (secondary N) is 1. The zero-order valence-electron chi connectivity index (χ0n) is 10.8. The van der Waals surface area contributed by atoms with E-state index in [1.165, 1.54) is 12.1 Å². The van der Waals surface area contributed by atoms with Crippen molar-refractivity contribution in [1.82, 2.24) is 4.72 Å². The smallest absolute Gasteiger partial charge is 0.241 e. The molecule has 0 aromatic heterocycles. The molecule has 0 amide bonds. The van der Waals surface area contributed by atoms with Gasteiger partial charge in [-0.2, -0.15) is 11.8 Å². The maximum atomic E-state index is 13.7. The lowest BCUT2D eigenvalue weighted by atomic mass is 10.2. The minimum Gasteiger partial charge on any atom is -0.389 e. The molecule has 0 aliphatic heterocycles. The summed E-state index contributed by atoms with van der Waals surface area (Å²) in [5.41, 5.74) is 5.20. The van der Waals surface area contributed by atoms with Crippen LogP contribution in [0.15, 0.2) is 23.1 Å². The monoisotopic (exact) mass is 334 g/mol. The van der Waals surface area contributed by atoms with Crippen LogP contribution in [0.3, 0.4) is 0 Å². The van der Waals surface area contributed by atoms with Crippen molar-refractivity contribution >= 4 is 39.0 Å². The zero-order valence-corrected chi connectivity index (χ0v) is 13.3. The van der Waals surface area contributed by atoms with Gasteiger partial charge in [0.05, 0.1) is 10.5 Å². The van der Waals surface area contributed by atoms with Crippen molar-refractivity contribution in [3.63, 3.8) is 0 Å². The molecule has 0 atom stereocenters. The molecule has 8 heteroatoms.